The molecule has 0 bridgehead atoms. The summed E-state index contributed by atoms with van der Waals surface area (Å²) in [7, 11) is 1.51. The van der Waals surface area contributed by atoms with Gasteiger partial charge in [0.1, 0.15) is 45.8 Å². The molecule has 2 aliphatic carbocycles. The maximum absolute atomic E-state index is 14.1. The van der Waals surface area contributed by atoms with Crippen molar-refractivity contribution in [3.63, 3.8) is 0 Å². The molecule has 14 heteroatoms. The molecule has 1 aromatic carbocycles. The fourth-order valence-electron chi connectivity index (χ4n) is 7.42. The van der Waals surface area contributed by atoms with Crippen LogP contribution in [0.4, 0.5) is 4.79 Å². The summed E-state index contributed by atoms with van der Waals surface area (Å²) in [6.07, 6.45) is 9.06. The van der Waals surface area contributed by atoms with Crippen LogP contribution in [-0.2, 0) is 19.1 Å². The van der Waals surface area contributed by atoms with Gasteiger partial charge in [0.25, 0.3) is 0 Å². The lowest BCUT2D eigenvalue weighted by molar-refractivity contribution is -0.145. The van der Waals surface area contributed by atoms with Crippen molar-refractivity contribution in [2.45, 2.75) is 120 Å². The molecule has 2 aliphatic heterocycles. The van der Waals surface area contributed by atoms with Crippen LogP contribution < -0.4 is 24.8 Å². The number of ether oxygens (including phenoxy) is 4. The van der Waals surface area contributed by atoms with Crippen LogP contribution in [0.3, 0.4) is 0 Å². The third-order valence-electron chi connectivity index (χ3n) is 10.2. The Bertz CT molecular complexity index is 1680. The number of carbonyl (C=O) groups excluding carboxylic acids is 3. The highest BCUT2D eigenvalue weighted by molar-refractivity contribution is 6.36. The van der Waals surface area contributed by atoms with Gasteiger partial charge in [0.15, 0.2) is 0 Å². The summed E-state index contributed by atoms with van der Waals surface area (Å²) in [5.41, 5.74) is -1.03. The topological polar surface area (TPSA) is 166 Å². The van der Waals surface area contributed by atoms with Crippen molar-refractivity contribution < 1.29 is 43.2 Å². The van der Waals surface area contributed by atoms with Crippen molar-refractivity contribution in [1.29, 1.82) is 0 Å². The van der Waals surface area contributed by atoms with Crippen molar-refractivity contribution in [3.05, 3.63) is 35.4 Å². The summed E-state index contributed by atoms with van der Waals surface area (Å²) in [4.78, 5) is 59.5. The Balaban J connectivity index is 1.28. The van der Waals surface area contributed by atoms with Gasteiger partial charge in [-0.2, -0.15) is 0 Å². The number of aromatic nitrogens is 1. The van der Waals surface area contributed by atoms with Crippen LogP contribution in [0.15, 0.2) is 30.4 Å². The molecule has 2 saturated carbocycles. The highest BCUT2D eigenvalue weighted by Gasteiger charge is 2.61. The van der Waals surface area contributed by atoms with E-state index in [1.807, 2.05) is 26.0 Å². The number of nitrogens with zero attached hydrogens (tertiary/aromatic N) is 2. The van der Waals surface area contributed by atoms with Crippen molar-refractivity contribution in [1.82, 2.24) is 20.5 Å². The smallest absolute Gasteiger partial charge is 0.407 e. The number of rotatable bonds is 8. The van der Waals surface area contributed by atoms with Crippen LogP contribution in [0.2, 0.25) is 5.02 Å². The van der Waals surface area contributed by atoms with E-state index in [0.29, 0.717) is 35.2 Å². The first kappa shape index (κ1) is 36.5. The zero-order valence-electron chi connectivity index (χ0n) is 29.3. The molecular formula is C37H47ClN4O9. The molecule has 3 N–H and O–H groups in total. The van der Waals surface area contributed by atoms with Gasteiger partial charge in [-0.25, -0.2) is 14.6 Å². The van der Waals surface area contributed by atoms with Crippen molar-refractivity contribution in [2.75, 3.05) is 13.7 Å². The second-order valence-corrected chi connectivity index (χ2v) is 14.7. The second-order valence-electron chi connectivity index (χ2n) is 14.3. The summed E-state index contributed by atoms with van der Waals surface area (Å²) in [6, 6.07) is 3.60. The Morgan fingerprint density at radius 1 is 1.10 bits per heavy atom. The number of hydrogen-bond donors (Lipinski definition) is 3. The first-order chi connectivity index (χ1) is 24.5. The van der Waals surface area contributed by atoms with E-state index in [1.165, 1.54) is 12.0 Å². The molecule has 1 aromatic heterocycles. The number of fused-ring (bicyclic) bond motifs is 3. The van der Waals surface area contributed by atoms with Crippen LogP contribution in [0, 0.1) is 5.92 Å². The summed E-state index contributed by atoms with van der Waals surface area (Å²) >= 11 is 6.66. The number of carboxylic acids is 1. The van der Waals surface area contributed by atoms with E-state index in [0.717, 1.165) is 38.5 Å². The molecule has 5 atom stereocenters. The molecule has 2 aromatic rings. The average Bonchev–Trinajstić information content (AvgIpc) is 3.35. The SMILES string of the molecule is COc1ccc2c(O[C@@H]3C[C@H]4C(=O)N[C@]5(C(=O)O)C[C@@H]5/C=C\CCCC[C@H](NC(=O)OC5CCCC5)CC(=O)N4C3)cc(OC(C)C)nc2c1Cl. The number of benzene rings is 1. The highest BCUT2D eigenvalue weighted by Crippen LogP contribution is 2.46. The van der Waals surface area contributed by atoms with E-state index in [2.05, 4.69) is 15.6 Å². The molecule has 51 heavy (non-hydrogen) atoms. The zero-order chi connectivity index (χ0) is 36.3. The molecule has 1 saturated heterocycles. The van der Waals surface area contributed by atoms with Crippen LogP contribution in [-0.4, -0.2) is 88.5 Å². The van der Waals surface area contributed by atoms with Gasteiger partial charge in [-0.1, -0.05) is 30.2 Å². The number of carbonyl (C=O) groups is 4. The number of carboxylic acid groups (broad SMARTS) is 1. The predicted octanol–water partition coefficient (Wildman–Crippen LogP) is 5.55. The van der Waals surface area contributed by atoms with Gasteiger partial charge in [0.2, 0.25) is 17.7 Å². The number of alkyl carbamates (subject to hydrolysis) is 1. The lowest BCUT2D eigenvalue weighted by atomic mass is 10.0. The number of pyridine rings is 1. The lowest BCUT2D eigenvalue weighted by Gasteiger charge is -2.27. The molecule has 0 spiro atoms. The van der Waals surface area contributed by atoms with Crippen molar-refractivity contribution in [3.8, 4) is 17.4 Å². The maximum Gasteiger partial charge on any atom is 0.407 e. The Morgan fingerprint density at radius 3 is 2.59 bits per heavy atom. The normalized spacial score (nSPS) is 27.8. The van der Waals surface area contributed by atoms with E-state index < -0.39 is 41.7 Å². The van der Waals surface area contributed by atoms with E-state index in [1.54, 1.807) is 18.2 Å². The van der Waals surface area contributed by atoms with Crippen molar-refractivity contribution in [2.24, 2.45) is 5.92 Å². The van der Waals surface area contributed by atoms with E-state index >= 15 is 0 Å². The van der Waals surface area contributed by atoms with Crippen LogP contribution in [0.5, 0.6) is 17.4 Å². The van der Waals surface area contributed by atoms with Crippen LogP contribution in [0.25, 0.3) is 10.9 Å². The number of methoxy groups -OCH3 is 1. The molecule has 3 amide bonds. The first-order valence-corrected chi connectivity index (χ1v) is 18.3. The van der Waals surface area contributed by atoms with Crippen LogP contribution >= 0.6 is 11.6 Å². The third kappa shape index (κ3) is 8.29. The van der Waals surface area contributed by atoms with Gasteiger partial charge in [-0.3, -0.25) is 9.59 Å². The second kappa shape index (κ2) is 15.5. The number of aliphatic carboxylic acids is 1. The molecule has 276 valence electrons. The summed E-state index contributed by atoms with van der Waals surface area (Å²) in [5.74, 6) is -1.29. The monoisotopic (exact) mass is 726 g/mol. The predicted molar refractivity (Wildman–Crippen MR) is 188 cm³/mol. The van der Waals surface area contributed by atoms with E-state index in [-0.39, 0.29) is 60.7 Å². The summed E-state index contributed by atoms with van der Waals surface area (Å²) in [5, 5.41) is 16.7. The Morgan fingerprint density at radius 2 is 1.86 bits per heavy atom. The molecule has 13 nitrogen and oxygen atoms in total. The molecule has 0 unspecified atom stereocenters. The van der Waals surface area contributed by atoms with Gasteiger partial charge < -0.3 is 39.6 Å². The number of amides is 3. The van der Waals surface area contributed by atoms with Gasteiger partial charge in [0, 0.05) is 36.3 Å². The standard InChI is InChI=1S/C37H47ClN4O9/c1-21(2)49-30-18-29(26-14-15-28(48-3)32(38)33(26)40-30)50-25-17-27-34(44)41-37(35(45)46)19-22(37)10-6-4-5-7-11-23(16-31(43)42(27)20-25)39-36(47)51-24-12-8-9-13-24/h6,10,14-15,18,21-25,27H,4-5,7-9,11-13,16-17,19-20H2,1-3H3,(H,39,47)(H,41,44)(H,45,46)/b10-6-/t22-,23-,25+,27-,37+/m0/s1. The zero-order valence-corrected chi connectivity index (χ0v) is 30.1. The Labute approximate surface area is 302 Å². The minimum Gasteiger partial charge on any atom is -0.495 e. The molecule has 3 heterocycles. The van der Waals surface area contributed by atoms with E-state index in [9.17, 15) is 24.3 Å². The largest absolute Gasteiger partial charge is 0.495 e. The van der Waals surface area contributed by atoms with Gasteiger partial charge in [0.05, 0.1) is 19.8 Å². The van der Waals surface area contributed by atoms with Crippen molar-refractivity contribution >= 4 is 46.4 Å². The molecule has 0 radical (unpaired) electrons. The Hall–Kier alpha value is -4.26. The van der Waals surface area contributed by atoms with Gasteiger partial charge in [-0.05, 0) is 77.3 Å². The van der Waals surface area contributed by atoms with Crippen LogP contribution in [0.1, 0.15) is 84.5 Å². The van der Waals surface area contributed by atoms with Gasteiger partial charge in [-0.15, -0.1) is 0 Å². The summed E-state index contributed by atoms with van der Waals surface area (Å²) in [6.45, 7) is 3.78. The number of hydrogen-bond acceptors (Lipinski definition) is 9. The van der Waals surface area contributed by atoms with Gasteiger partial charge >= 0.3 is 12.1 Å². The molecule has 4 aliphatic rings. The Kier molecular flexibility index (Phi) is 11.1. The minimum atomic E-state index is -1.43. The molecular weight excluding hydrogens is 680 g/mol. The summed E-state index contributed by atoms with van der Waals surface area (Å²) < 4.78 is 23.5. The number of allylic oxidation sites excluding steroid dienone is 1. The number of halogens is 1. The number of nitrogens with one attached hydrogen (secondary N) is 2. The average molecular weight is 727 g/mol. The fourth-order valence-corrected chi connectivity index (χ4v) is 7.71. The minimum absolute atomic E-state index is 0.0492. The fraction of sp³-hybridized carbons (Fsp3) is 0.595. The highest BCUT2D eigenvalue weighted by atomic mass is 35.5. The maximum atomic E-state index is 14.1. The first-order valence-electron chi connectivity index (χ1n) is 18.0. The molecule has 6 rings (SSSR count). The molecule has 3 fully saturated rings. The third-order valence-corrected chi connectivity index (χ3v) is 10.5. The lowest BCUT2D eigenvalue weighted by Crippen LogP contribution is -2.53. The quantitative estimate of drug-likeness (QED) is 0.294. The van der Waals surface area contributed by atoms with E-state index in [4.69, 9.17) is 30.5 Å².